The van der Waals surface area contributed by atoms with Gasteiger partial charge < -0.3 is 25.4 Å². The van der Waals surface area contributed by atoms with E-state index in [0.717, 1.165) is 37.5 Å². The third kappa shape index (κ3) is 8.32. The molecular weight excluding hydrogens is 483 g/mol. The van der Waals surface area contributed by atoms with E-state index in [-0.39, 0.29) is 30.6 Å². The molecule has 210 valence electrons. The van der Waals surface area contributed by atoms with Gasteiger partial charge in [-0.15, -0.1) is 0 Å². The van der Waals surface area contributed by atoms with Crippen LogP contribution in [0.2, 0.25) is 0 Å². The van der Waals surface area contributed by atoms with Crippen molar-refractivity contribution in [3.63, 3.8) is 0 Å². The Bertz CT molecular complexity index is 853. The summed E-state index contributed by atoms with van der Waals surface area (Å²) in [5.74, 6) is -1.30. The van der Waals surface area contributed by atoms with E-state index in [4.69, 9.17) is 4.74 Å². The second-order valence-corrected chi connectivity index (χ2v) is 10.8. The Balaban J connectivity index is 1.70. The molecule has 3 atom stereocenters. The first-order valence-corrected chi connectivity index (χ1v) is 13.8. The Labute approximate surface area is 219 Å². The van der Waals surface area contributed by atoms with Gasteiger partial charge >= 0.3 is 6.03 Å². The van der Waals surface area contributed by atoms with E-state index in [1.165, 1.54) is 0 Å². The number of rotatable bonds is 12. The molecule has 2 aliphatic rings. The maximum absolute atomic E-state index is 14.9. The van der Waals surface area contributed by atoms with Crippen molar-refractivity contribution >= 4 is 6.03 Å². The zero-order valence-corrected chi connectivity index (χ0v) is 22.3. The van der Waals surface area contributed by atoms with Crippen LogP contribution in [0, 0.1) is 23.5 Å². The highest BCUT2D eigenvalue weighted by atomic mass is 19.1. The summed E-state index contributed by atoms with van der Waals surface area (Å²) < 4.78 is 47.7. The van der Waals surface area contributed by atoms with E-state index in [0.29, 0.717) is 64.1 Å². The summed E-state index contributed by atoms with van der Waals surface area (Å²) in [6.07, 6.45) is 5.67. The number of piperidine rings is 1. The van der Waals surface area contributed by atoms with E-state index in [1.807, 2.05) is 7.05 Å². The Hall–Kier alpha value is -1.84. The van der Waals surface area contributed by atoms with Crippen molar-refractivity contribution in [2.24, 2.45) is 11.8 Å². The van der Waals surface area contributed by atoms with E-state index in [2.05, 4.69) is 10.6 Å². The van der Waals surface area contributed by atoms with Gasteiger partial charge in [0, 0.05) is 50.9 Å². The number of ether oxygens (including phenoxy) is 1. The minimum atomic E-state index is -1.60. The molecule has 1 aromatic rings. The number of hydrogen-bond donors (Lipinski definition) is 3. The molecule has 0 radical (unpaired) electrons. The summed E-state index contributed by atoms with van der Waals surface area (Å²) in [5, 5.41) is 18.1. The van der Waals surface area contributed by atoms with Crippen LogP contribution in [0.4, 0.5) is 18.0 Å². The molecule has 1 heterocycles. The van der Waals surface area contributed by atoms with Crippen LogP contribution in [0.15, 0.2) is 18.2 Å². The summed E-state index contributed by atoms with van der Waals surface area (Å²) in [4.78, 5) is 15.0. The van der Waals surface area contributed by atoms with Crippen LogP contribution in [0.5, 0.6) is 0 Å². The number of nitrogens with zero attached hydrogens (tertiary/aromatic N) is 1. The number of aliphatic hydroxyl groups is 1. The molecule has 6 nitrogen and oxygen atoms in total. The predicted octanol–water partition coefficient (Wildman–Crippen LogP) is 4.90. The normalized spacial score (nSPS) is 24.9. The molecule has 0 bridgehead atoms. The van der Waals surface area contributed by atoms with Crippen molar-refractivity contribution in [1.29, 1.82) is 0 Å². The molecule has 1 aliphatic carbocycles. The monoisotopic (exact) mass is 527 g/mol. The van der Waals surface area contributed by atoms with Gasteiger partial charge in [0.2, 0.25) is 0 Å². The first kappa shape index (κ1) is 29.7. The highest BCUT2D eigenvalue weighted by Crippen LogP contribution is 2.41. The number of halogens is 3. The van der Waals surface area contributed by atoms with E-state index < -0.39 is 29.3 Å². The van der Waals surface area contributed by atoms with Crippen molar-refractivity contribution in [2.45, 2.75) is 82.0 Å². The van der Waals surface area contributed by atoms with Gasteiger partial charge in [-0.05, 0) is 95.4 Å². The average Bonchev–Trinajstić information content (AvgIpc) is 2.89. The zero-order chi connectivity index (χ0) is 26.8. The molecule has 1 saturated heterocycles. The number of benzene rings is 1. The van der Waals surface area contributed by atoms with Crippen molar-refractivity contribution in [2.75, 3.05) is 40.4 Å². The lowest BCUT2D eigenvalue weighted by Crippen LogP contribution is -2.54. The Morgan fingerprint density at radius 3 is 2.68 bits per heavy atom. The summed E-state index contributed by atoms with van der Waals surface area (Å²) in [7, 11) is 3.44. The third-order valence-corrected chi connectivity index (χ3v) is 8.11. The highest BCUT2D eigenvalue weighted by molar-refractivity contribution is 5.74. The highest BCUT2D eigenvalue weighted by Gasteiger charge is 2.43. The lowest BCUT2D eigenvalue weighted by molar-refractivity contribution is -0.0590. The Kier molecular flexibility index (Phi) is 11.5. The number of carbonyl (C=O) groups excluding carboxylic acids is 1. The zero-order valence-electron chi connectivity index (χ0n) is 22.3. The van der Waals surface area contributed by atoms with E-state index in [1.54, 1.807) is 12.0 Å². The second-order valence-electron chi connectivity index (χ2n) is 10.8. The average molecular weight is 528 g/mol. The topological polar surface area (TPSA) is 73.8 Å². The molecule has 0 unspecified atom stereocenters. The van der Waals surface area contributed by atoms with Gasteiger partial charge in [-0.1, -0.05) is 0 Å². The van der Waals surface area contributed by atoms with Crippen molar-refractivity contribution in [3.05, 3.63) is 35.4 Å². The van der Waals surface area contributed by atoms with E-state index in [9.17, 15) is 23.1 Å². The largest absolute Gasteiger partial charge is 0.385 e. The summed E-state index contributed by atoms with van der Waals surface area (Å²) in [5.41, 5.74) is -1.65. The number of alkyl halides is 1. The number of amides is 2. The fourth-order valence-electron chi connectivity index (χ4n) is 6.05. The molecule has 2 fully saturated rings. The SMILES string of the molecule is CNC[C@H](CC1CCC(F)CC1)NC(=O)N1CCC[C@@H]([C@@](O)(CCCCOC)c2cc(F)ccc2F)C1. The van der Waals surface area contributed by atoms with Crippen molar-refractivity contribution in [1.82, 2.24) is 15.5 Å². The van der Waals surface area contributed by atoms with Gasteiger partial charge in [-0.3, -0.25) is 0 Å². The lowest BCUT2D eigenvalue weighted by atomic mass is 9.74. The molecule has 1 aromatic carbocycles. The van der Waals surface area contributed by atoms with Crippen molar-refractivity contribution in [3.8, 4) is 0 Å². The third-order valence-electron chi connectivity index (χ3n) is 8.11. The number of nitrogens with one attached hydrogen (secondary N) is 2. The van der Waals surface area contributed by atoms with Crippen molar-refractivity contribution < 1.29 is 27.8 Å². The lowest BCUT2D eigenvalue weighted by Gasteiger charge is -2.43. The smallest absolute Gasteiger partial charge is 0.317 e. The molecule has 1 saturated carbocycles. The molecule has 9 heteroatoms. The number of carbonyl (C=O) groups is 1. The van der Waals surface area contributed by atoms with Gasteiger partial charge in [0.15, 0.2) is 0 Å². The maximum Gasteiger partial charge on any atom is 0.317 e. The Morgan fingerprint density at radius 1 is 1.22 bits per heavy atom. The molecule has 2 amide bonds. The van der Waals surface area contributed by atoms with Crippen LogP contribution < -0.4 is 10.6 Å². The maximum atomic E-state index is 14.9. The summed E-state index contributed by atoms with van der Waals surface area (Å²) in [6.45, 7) is 1.91. The van der Waals surface area contributed by atoms with Crippen LogP contribution in [-0.2, 0) is 10.3 Å². The van der Waals surface area contributed by atoms with Crippen LogP contribution in [-0.4, -0.2) is 68.6 Å². The Morgan fingerprint density at radius 2 is 1.97 bits per heavy atom. The first-order valence-electron chi connectivity index (χ1n) is 13.8. The predicted molar refractivity (Wildman–Crippen MR) is 138 cm³/mol. The van der Waals surface area contributed by atoms with Gasteiger partial charge in [0.05, 0.1) is 5.60 Å². The number of methoxy groups -OCH3 is 1. The van der Waals surface area contributed by atoms with E-state index >= 15 is 0 Å². The van der Waals surface area contributed by atoms with Gasteiger partial charge in [0.1, 0.15) is 17.8 Å². The second kappa shape index (κ2) is 14.4. The summed E-state index contributed by atoms with van der Waals surface area (Å²) in [6, 6.07) is 2.88. The molecule has 37 heavy (non-hydrogen) atoms. The van der Waals surface area contributed by atoms with Crippen LogP contribution in [0.3, 0.4) is 0 Å². The molecule has 3 rings (SSSR count). The first-order chi connectivity index (χ1) is 17.8. The molecule has 0 aromatic heterocycles. The number of unbranched alkanes of at least 4 members (excludes halogenated alkanes) is 1. The van der Waals surface area contributed by atoms with Crippen LogP contribution in [0.25, 0.3) is 0 Å². The fourth-order valence-corrected chi connectivity index (χ4v) is 6.05. The van der Waals surface area contributed by atoms with Crippen LogP contribution >= 0.6 is 0 Å². The molecule has 0 spiro atoms. The number of urea groups is 1. The minimum absolute atomic E-state index is 0.0475. The van der Waals surface area contributed by atoms with Gasteiger partial charge in [0.25, 0.3) is 0 Å². The summed E-state index contributed by atoms with van der Waals surface area (Å²) >= 11 is 0. The minimum Gasteiger partial charge on any atom is -0.385 e. The molecular formula is C28H44F3N3O3. The van der Waals surface area contributed by atoms with Crippen LogP contribution in [0.1, 0.15) is 69.8 Å². The number of likely N-dealkylation sites (N-methyl/N-ethyl adjacent to an activating group) is 1. The van der Waals surface area contributed by atoms with Gasteiger partial charge in [-0.25, -0.2) is 18.0 Å². The number of hydrogen-bond acceptors (Lipinski definition) is 4. The molecule has 3 N–H and O–H groups in total. The number of likely N-dealkylation sites (tertiary alicyclic amines) is 1. The van der Waals surface area contributed by atoms with Gasteiger partial charge in [-0.2, -0.15) is 0 Å². The standard InChI is InChI=1S/C28H44F3N3O3/c1-32-18-24(16-20-7-9-22(29)10-8-20)33-27(35)34-14-5-6-21(19-34)28(36,13-3-4-15-37-2)25-17-23(30)11-12-26(25)31/h11-12,17,20-22,24,32,36H,3-10,13-16,18-19H2,1-2H3,(H,33,35)/t20?,21-,22?,24+,28+/m1/s1. The molecule has 1 aliphatic heterocycles. The fraction of sp³-hybridized carbons (Fsp3) is 0.750. The quantitative estimate of drug-likeness (QED) is 0.338.